The van der Waals surface area contributed by atoms with E-state index in [2.05, 4.69) is 15.8 Å². The van der Waals surface area contributed by atoms with Crippen LogP contribution in [0.5, 0.6) is 5.75 Å². The van der Waals surface area contributed by atoms with Gasteiger partial charge in [0, 0.05) is 23.4 Å². The monoisotopic (exact) mass is 221 g/mol. The third-order valence-electron chi connectivity index (χ3n) is 1.68. The van der Waals surface area contributed by atoms with Crippen LogP contribution >= 0.6 is 0 Å². The summed E-state index contributed by atoms with van der Waals surface area (Å²) in [6.07, 6.45) is 0. The van der Waals surface area contributed by atoms with Gasteiger partial charge >= 0.3 is 0 Å². The SMILES string of the molecule is CC(C)N/N=N\C(=N)c1cc(N)cc(O)c1. The second-order valence-electron chi connectivity index (χ2n) is 3.65. The van der Waals surface area contributed by atoms with Crippen molar-refractivity contribution in [1.82, 2.24) is 5.43 Å². The molecule has 0 unspecified atom stereocenters. The average molecular weight is 221 g/mol. The molecule has 0 aliphatic carbocycles. The Bertz CT molecular complexity index is 393. The van der Waals surface area contributed by atoms with Crippen LogP contribution in [0.25, 0.3) is 0 Å². The summed E-state index contributed by atoms with van der Waals surface area (Å²) in [6, 6.07) is 4.52. The molecule has 6 heteroatoms. The lowest BCUT2D eigenvalue weighted by Crippen LogP contribution is -2.15. The molecule has 1 aromatic carbocycles. The van der Waals surface area contributed by atoms with Crippen LogP contribution in [0, 0.1) is 5.41 Å². The van der Waals surface area contributed by atoms with Gasteiger partial charge in [-0.1, -0.05) is 5.22 Å². The van der Waals surface area contributed by atoms with Crippen LogP contribution in [0.15, 0.2) is 28.5 Å². The minimum Gasteiger partial charge on any atom is -0.508 e. The van der Waals surface area contributed by atoms with Crippen LogP contribution in [0.3, 0.4) is 0 Å². The highest BCUT2D eigenvalue weighted by Gasteiger charge is 2.03. The van der Waals surface area contributed by atoms with Gasteiger partial charge in [0.05, 0.1) is 0 Å². The van der Waals surface area contributed by atoms with E-state index in [-0.39, 0.29) is 17.6 Å². The van der Waals surface area contributed by atoms with Crippen LogP contribution in [0.1, 0.15) is 19.4 Å². The number of phenols is 1. The molecule has 0 saturated heterocycles. The van der Waals surface area contributed by atoms with Gasteiger partial charge in [-0.2, -0.15) is 0 Å². The number of amidine groups is 1. The van der Waals surface area contributed by atoms with E-state index in [1.165, 1.54) is 12.1 Å². The molecule has 0 aliphatic heterocycles. The smallest absolute Gasteiger partial charge is 0.176 e. The number of phenolic OH excluding ortho intramolecular Hbond substituents is 1. The number of hydrogen-bond donors (Lipinski definition) is 4. The largest absolute Gasteiger partial charge is 0.508 e. The molecular weight excluding hydrogens is 206 g/mol. The summed E-state index contributed by atoms with van der Waals surface area (Å²) >= 11 is 0. The number of nitrogen functional groups attached to an aromatic ring is 1. The van der Waals surface area contributed by atoms with Gasteiger partial charge in [0.2, 0.25) is 0 Å². The quantitative estimate of drug-likeness (QED) is 0.205. The third kappa shape index (κ3) is 3.56. The van der Waals surface area contributed by atoms with Crippen LogP contribution in [-0.4, -0.2) is 17.0 Å². The first-order chi connectivity index (χ1) is 7.49. The lowest BCUT2D eigenvalue weighted by molar-refractivity contribution is 0.475. The predicted octanol–water partition coefficient (Wildman–Crippen LogP) is 1.66. The number of hydrogen-bond acceptors (Lipinski definition) is 4. The Balaban J connectivity index is 2.77. The number of nitrogens with two attached hydrogens (primary N) is 1. The molecule has 1 aromatic rings. The van der Waals surface area contributed by atoms with Crippen molar-refractivity contribution in [2.24, 2.45) is 10.3 Å². The zero-order valence-corrected chi connectivity index (χ0v) is 9.23. The van der Waals surface area contributed by atoms with E-state index in [1.807, 2.05) is 13.8 Å². The van der Waals surface area contributed by atoms with Crippen molar-refractivity contribution in [2.75, 3.05) is 5.73 Å². The third-order valence-corrected chi connectivity index (χ3v) is 1.68. The number of anilines is 1. The van der Waals surface area contributed by atoms with Crippen LogP contribution in [0.2, 0.25) is 0 Å². The fourth-order valence-corrected chi connectivity index (χ4v) is 1.02. The zero-order valence-electron chi connectivity index (χ0n) is 9.23. The predicted molar refractivity (Wildman–Crippen MR) is 62.5 cm³/mol. The second-order valence-corrected chi connectivity index (χ2v) is 3.65. The maximum Gasteiger partial charge on any atom is 0.176 e. The second kappa shape index (κ2) is 5.11. The molecule has 0 radical (unpaired) electrons. The van der Waals surface area contributed by atoms with Gasteiger partial charge in [-0.15, -0.1) is 5.11 Å². The maximum atomic E-state index is 9.29. The Kier molecular flexibility index (Phi) is 3.82. The van der Waals surface area contributed by atoms with Gasteiger partial charge < -0.3 is 10.8 Å². The van der Waals surface area contributed by atoms with E-state index < -0.39 is 0 Å². The Morgan fingerprint density at radius 1 is 1.44 bits per heavy atom. The van der Waals surface area contributed by atoms with E-state index in [0.717, 1.165) is 0 Å². The lowest BCUT2D eigenvalue weighted by Gasteiger charge is -2.03. The zero-order chi connectivity index (χ0) is 12.1. The standard InChI is InChI=1S/C10H15N5O/c1-6(2)13-15-14-10(12)7-3-8(11)5-9(16)4-7/h3-6,16H,11H2,1-2H3,(H2,12,13,14). The van der Waals surface area contributed by atoms with Crippen molar-refractivity contribution in [3.8, 4) is 5.75 Å². The first kappa shape index (κ1) is 12.0. The Labute approximate surface area is 93.7 Å². The highest BCUT2D eigenvalue weighted by molar-refractivity contribution is 5.97. The summed E-state index contributed by atoms with van der Waals surface area (Å²) in [6.45, 7) is 3.82. The van der Waals surface area contributed by atoms with Crippen molar-refractivity contribution in [2.45, 2.75) is 19.9 Å². The number of benzene rings is 1. The summed E-state index contributed by atoms with van der Waals surface area (Å²) in [5.41, 5.74) is 9.03. The molecule has 0 bridgehead atoms. The molecular formula is C10H15N5O. The summed E-state index contributed by atoms with van der Waals surface area (Å²) in [5.74, 6) is -0.0532. The molecule has 16 heavy (non-hydrogen) atoms. The van der Waals surface area contributed by atoms with Gasteiger partial charge in [-0.05, 0) is 26.0 Å². The van der Waals surface area contributed by atoms with E-state index in [1.54, 1.807) is 6.07 Å². The van der Waals surface area contributed by atoms with E-state index in [9.17, 15) is 5.11 Å². The molecule has 0 spiro atoms. The maximum absolute atomic E-state index is 9.29. The summed E-state index contributed by atoms with van der Waals surface area (Å²) in [5, 5.41) is 24.2. The molecule has 0 heterocycles. The van der Waals surface area contributed by atoms with Gasteiger partial charge in [0.15, 0.2) is 5.84 Å². The van der Waals surface area contributed by atoms with Crippen LogP contribution in [-0.2, 0) is 0 Å². The molecule has 0 fully saturated rings. The molecule has 5 N–H and O–H groups in total. The summed E-state index contributed by atoms with van der Waals surface area (Å²) in [4.78, 5) is 0. The number of aromatic hydroxyl groups is 1. The van der Waals surface area contributed by atoms with Crippen molar-refractivity contribution in [1.29, 1.82) is 5.41 Å². The highest BCUT2D eigenvalue weighted by Crippen LogP contribution is 2.17. The van der Waals surface area contributed by atoms with Gasteiger partial charge in [-0.25, -0.2) is 0 Å². The number of nitrogens with one attached hydrogen (secondary N) is 2. The molecule has 1 rings (SSSR count). The van der Waals surface area contributed by atoms with E-state index in [0.29, 0.717) is 11.3 Å². The highest BCUT2D eigenvalue weighted by atomic mass is 16.3. The van der Waals surface area contributed by atoms with Gasteiger partial charge in [-0.3, -0.25) is 10.8 Å². The Hall–Kier alpha value is -2.11. The van der Waals surface area contributed by atoms with Crippen LogP contribution in [0.4, 0.5) is 5.69 Å². The normalized spacial score (nSPS) is 10.9. The average Bonchev–Trinajstić information content (AvgIpc) is 2.15. The number of nitrogens with zero attached hydrogens (tertiary/aromatic N) is 2. The summed E-state index contributed by atoms with van der Waals surface area (Å²) in [7, 11) is 0. The van der Waals surface area contributed by atoms with E-state index in [4.69, 9.17) is 11.1 Å². The molecule has 0 saturated carbocycles. The molecule has 0 atom stereocenters. The first-order valence-electron chi connectivity index (χ1n) is 4.83. The van der Waals surface area contributed by atoms with Crippen LogP contribution < -0.4 is 11.2 Å². The minimum atomic E-state index is -0.0595. The first-order valence-corrected chi connectivity index (χ1v) is 4.83. The van der Waals surface area contributed by atoms with Crippen molar-refractivity contribution in [3.63, 3.8) is 0 Å². The molecule has 0 amide bonds. The van der Waals surface area contributed by atoms with Gasteiger partial charge in [0.1, 0.15) is 5.75 Å². The Morgan fingerprint density at radius 3 is 2.69 bits per heavy atom. The lowest BCUT2D eigenvalue weighted by atomic mass is 10.2. The van der Waals surface area contributed by atoms with E-state index >= 15 is 0 Å². The Morgan fingerprint density at radius 2 is 2.12 bits per heavy atom. The molecule has 6 nitrogen and oxygen atoms in total. The molecule has 0 aromatic heterocycles. The topological polar surface area (TPSA) is 107 Å². The van der Waals surface area contributed by atoms with Crippen molar-refractivity contribution >= 4 is 11.5 Å². The minimum absolute atomic E-state index is 0.00627. The van der Waals surface area contributed by atoms with Gasteiger partial charge in [0.25, 0.3) is 0 Å². The molecule has 0 aliphatic rings. The fourth-order valence-electron chi connectivity index (χ4n) is 1.02. The summed E-state index contributed by atoms with van der Waals surface area (Å²) < 4.78 is 0. The van der Waals surface area contributed by atoms with Crippen molar-refractivity contribution in [3.05, 3.63) is 23.8 Å². The fraction of sp³-hybridized carbons (Fsp3) is 0.300. The molecule has 86 valence electrons. The number of rotatable bonds is 3. The van der Waals surface area contributed by atoms with Crippen molar-refractivity contribution < 1.29 is 5.11 Å².